The number of carboxylic acids is 1. The van der Waals surface area contributed by atoms with E-state index in [1.54, 1.807) is 0 Å². The zero-order valence-corrected chi connectivity index (χ0v) is 13.3. The topological polar surface area (TPSA) is 84.3 Å². The first-order chi connectivity index (χ1) is 9.85. The molecule has 0 atom stereocenters. The Morgan fingerprint density at radius 3 is 2.71 bits per heavy atom. The fourth-order valence-corrected chi connectivity index (χ4v) is 1.98. The molecule has 0 unspecified atom stereocenters. The lowest BCUT2D eigenvalue weighted by molar-refractivity contribution is -0.137. The Balaban J connectivity index is 2.52. The van der Waals surface area contributed by atoms with E-state index < -0.39 is 5.97 Å². The van der Waals surface area contributed by atoms with E-state index in [-0.39, 0.29) is 11.8 Å². The summed E-state index contributed by atoms with van der Waals surface area (Å²) in [6, 6.07) is 0. The van der Waals surface area contributed by atoms with Crippen molar-refractivity contribution in [2.24, 2.45) is 5.41 Å². The quantitative estimate of drug-likeness (QED) is 0.728. The van der Waals surface area contributed by atoms with Crippen LogP contribution in [0.15, 0.2) is 6.33 Å². The van der Waals surface area contributed by atoms with Crippen LogP contribution in [0.3, 0.4) is 0 Å². The van der Waals surface area contributed by atoms with Gasteiger partial charge in [-0.05, 0) is 32.1 Å². The molecule has 0 bridgehead atoms. The van der Waals surface area contributed by atoms with Crippen molar-refractivity contribution >= 4 is 11.8 Å². The summed E-state index contributed by atoms with van der Waals surface area (Å²) in [5.74, 6) is 0.617. The van der Waals surface area contributed by atoms with Gasteiger partial charge in [0.05, 0.1) is 12.2 Å². The van der Waals surface area contributed by atoms with Gasteiger partial charge in [-0.1, -0.05) is 13.8 Å². The number of carboxylic acid groups (broad SMARTS) is 1. The highest BCUT2D eigenvalue weighted by molar-refractivity contribution is 5.66. The number of hydrogen-bond donors (Lipinski definition) is 2. The van der Waals surface area contributed by atoms with E-state index in [1.807, 2.05) is 13.8 Å². The van der Waals surface area contributed by atoms with Crippen LogP contribution in [-0.2, 0) is 4.79 Å². The number of hydrogen-bond acceptors (Lipinski definition) is 5. The molecule has 0 aliphatic carbocycles. The molecule has 0 saturated heterocycles. The molecule has 1 heterocycles. The fourth-order valence-electron chi connectivity index (χ4n) is 1.98. The third-order valence-electron chi connectivity index (χ3n) is 3.43. The monoisotopic (exact) mass is 295 g/mol. The van der Waals surface area contributed by atoms with Gasteiger partial charge in [-0.25, -0.2) is 9.97 Å². The van der Waals surface area contributed by atoms with Crippen molar-refractivity contribution in [2.75, 3.05) is 18.5 Å². The SMILES string of the molecule is CCOc1ncnc(NCCC(C)(C)CCC(=O)O)c1C. The summed E-state index contributed by atoms with van der Waals surface area (Å²) in [6.45, 7) is 9.30. The minimum atomic E-state index is -0.746. The molecule has 0 radical (unpaired) electrons. The number of anilines is 1. The largest absolute Gasteiger partial charge is 0.481 e. The van der Waals surface area contributed by atoms with Gasteiger partial charge in [-0.2, -0.15) is 0 Å². The first-order valence-corrected chi connectivity index (χ1v) is 7.26. The van der Waals surface area contributed by atoms with Crippen LogP contribution < -0.4 is 10.1 Å². The number of nitrogens with zero attached hydrogens (tertiary/aromatic N) is 2. The predicted octanol–water partition coefficient (Wildman–Crippen LogP) is 2.88. The summed E-state index contributed by atoms with van der Waals surface area (Å²) < 4.78 is 5.43. The Hall–Kier alpha value is -1.85. The highest BCUT2D eigenvalue weighted by Gasteiger charge is 2.19. The molecule has 0 aliphatic rings. The summed E-state index contributed by atoms with van der Waals surface area (Å²) in [4.78, 5) is 19.0. The van der Waals surface area contributed by atoms with Gasteiger partial charge < -0.3 is 15.2 Å². The molecule has 0 amide bonds. The molecule has 0 aliphatic heterocycles. The van der Waals surface area contributed by atoms with Crippen molar-refractivity contribution in [1.82, 2.24) is 9.97 Å². The summed E-state index contributed by atoms with van der Waals surface area (Å²) in [5, 5.41) is 12.0. The van der Waals surface area contributed by atoms with Crippen molar-refractivity contribution in [3.63, 3.8) is 0 Å². The fraction of sp³-hybridized carbons (Fsp3) is 0.667. The van der Waals surface area contributed by atoms with E-state index in [9.17, 15) is 4.79 Å². The van der Waals surface area contributed by atoms with Gasteiger partial charge in [-0.15, -0.1) is 0 Å². The molecule has 1 aromatic rings. The van der Waals surface area contributed by atoms with Crippen molar-refractivity contribution in [2.45, 2.75) is 47.0 Å². The van der Waals surface area contributed by atoms with E-state index in [4.69, 9.17) is 9.84 Å². The molecule has 1 aromatic heterocycles. The third-order valence-corrected chi connectivity index (χ3v) is 3.43. The van der Waals surface area contributed by atoms with Crippen molar-refractivity contribution in [3.05, 3.63) is 11.9 Å². The van der Waals surface area contributed by atoms with Gasteiger partial charge in [-0.3, -0.25) is 4.79 Å². The van der Waals surface area contributed by atoms with E-state index in [1.165, 1.54) is 6.33 Å². The zero-order chi connectivity index (χ0) is 15.9. The van der Waals surface area contributed by atoms with Crippen LogP contribution >= 0.6 is 0 Å². The normalized spacial score (nSPS) is 11.2. The number of aliphatic carboxylic acids is 1. The second-order valence-electron chi connectivity index (χ2n) is 5.82. The van der Waals surface area contributed by atoms with Crippen LogP contribution in [0.1, 0.15) is 45.6 Å². The van der Waals surface area contributed by atoms with Crippen LogP contribution in [0.4, 0.5) is 5.82 Å². The predicted molar refractivity (Wildman–Crippen MR) is 81.7 cm³/mol. The lowest BCUT2D eigenvalue weighted by atomic mass is 9.84. The van der Waals surface area contributed by atoms with Crippen molar-refractivity contribution < 1.29 is 14.6 Å². The van der Waals surface area contributed by atoms with E-state index in [2.05, 4.69) is 29.1 Å². The van der Waals surface area contributed by atoms with E-state index in [0.29, 0.717) is 18.9 Å². The minimum Gasteiger partial charge on any atom is -0.481 e. The number of ether oxygens (including phenoxy) is 1. The first kappa shape index (κ1) is 17.2. The first-order valence-electron chi connectivity index (χ1n) is 7.26. The molecule has 118 valence electrons. The second-order valence-corrected chi connectivity index (χ2v) is 5.82. The Labute approximate surface area is 126 Å². The number of nitrogens with one attached hydrogen (secondary N) is 1. The average molecular weight is 295 g/mol. The summed E-state index contributed by atoms with van der Waals surface area (Å²) in [7, 11) is 0. The highest BCUT2D eigenvalue weighted by Crippen LogP contribution is 2.27. The molecular weight excluding hydrogens is 270 g/mol. The molecule has 0 aromatic carbocycles. The maximum Gasteiger partial charge on any atom is 0.303 e. The van der Waals surface area contributed by atoms with Crippen LogP contribution in [0.2, 0.25) is 0 Å². The van der Waals surface area contributed by atoms with Crippen molar-refractivity contribution in [3.8, 4) is 5.88 Å². The van der Waals surface area contributed by atoms with Gasteiger partial charge in [0, 0.05) is 13.0 Å². The standard InChI is InChI=1S/C15H25N3O3/c1-5-21-14-11(2)13(17-10-18-14)16-9-8-15(3,4)7-6-12(19)20/h10H,5-9H2,1-4H3,(H,19,20)(H,16,17,18). The van der Waals surface area contributed by atoms with E-state index in [0.717, 1.165) is 24.3 Å². The van der Waals surface area contributed by atoms with Gasteiger partial charge in [0.25, 0.3) is 0 Å². The molecule has 2 N–H and O–H groups in total. The Morgan fingerprint density at radius 2 is 2.10 bits per heavy atom. The molecule has 0 fully saturated rings. The van der Waals surface area contributed by atoms with E-state index >= 15 is 0 Å². The second kappa shape index (κ2) is 7.81. The van der Waals surface area contributed by atoms with Gasteiger partial charge in [0.2, 0.25) is 5.88 Å². The molecule has 0 spiro atoms. The highest BCUT2D eigenvalue weighted by atomic mass is 16.5. The molecular formula is C15H25N3O3. The summed E-state index contributed by atoms with van der Waals surface area (Å²) in [5.41, 5.74) is 0.873. The molecule has 6 nitrogen and oxygen atoms in total. The smallest absolute Gasteiger partial charge is 0.303 e. The summed E-state index contributed by atoms with van der Waals surface area (Å²) in [6.07, 6.45) is 3.22. The molecule has 0 saturated carbocycles. The molecule has 1 rings (SSSR count). The average Bonchev–Trinajstić information content (AvgIpc) is 2.41. The molecule has 21 heavy (non-hydrogen) atoms. The Bertz CT molecular complexity index is 475. The van der Waals surface area contributed by atoms with Crippen LogP contribution in [0.25, 0.3) is 0 Å². The van der Waals surface area contributed by atoms with Gasteiger partial charge >= 0.3 is 5.97 Å². The van der Waals surface area contributed by atoms with Crippen LogP contribution in [0.5, 0.6) is 5.88 Å². The van der Waals surface area contributed by atoms with Gasteiger partial charge in [0.15, 0.2) is 0 Å². The maximum absolute atomic E-state index is 10.6. The lowest BCUT2D eigenvalue weighted by Gasteiger charge is -2.24. The van der Waals surface area contributed by atoms with Crippen molar-refractivity contribution in [1.29, 1.82) is 0 Å². The number of carbonyl (C=O) groups is 1. The molecule has 6 heteroatoms. The maximum atomic E-state index is 10.6. The zero-order valence-electron chi connectivity index (χ0n) is 13.3. The number of aromatic nitrogens is 2. The van der Waals surface area contributed by atoms with Crippen LogP contribution in [0, 0.1) is 12.3 Å². The Morgan fingerprint density at radius 1 is 1.38 bits per heavy atom. The third kappa shape index (κ3) is 5.97. The van der Waals surface area contributed by atoms with Gasteiger partial charge in [0.1, 0.15) is 12.1 Å². The summed E-state index contributed by atoms with van der Waals surface area (Å²) >= 11 is 0. The lowest BCUT2D eigenvalue weighted by Crippen LogP contribution is -2.19. The Kier molecular flexibility index (Phi) is 6.39. The van der Waals surface area contributed by atoms with Crippen LogP contribution in [-0.4, -0.2) is 34.2 Å². The number of rotatable bonds is 9. The minimum absolute atomic E-state index is 0.0188.